The highest BCUT2D eigenvalue weighted by molar-refractivity contribution is 8.00. The van der Waals surface area contributed by atoms with Gasteiger partial charge in [-0.3, -0.25) is 9.69 Å². The molecule has 2 N–H and O–H groups in total. The predicted molar refractivity (Wildman–Crippen MR) is 152 cm³/mol. The molecule has 0 atom stereocenters. The molecule has 0 bridgehead atoms. The zero-order valence-electron chi connectivity index (χ0n) is 19.0. The summed E-state index contributed by atoms with van der Waals surface area (Å²) in [6.45, 7) is 2.05. The summed E-state index contributed by atoms with van der Waals surface area (Å²) in [5, 5.41) is 6.95. The number of amides is 1. The molecule has 0 spiro atoms. The van der Waals surface area contributed by atoms with Gasteiger partial charge in [0, 0.05) is 26.1 Å². The van der Waals surface area contributed by atoms with E-state index in [1.807, 2.05) is 89.8 Å². The largest absolute Gasteiger partial charge is 0.332 e. The van der Waals surface area contributed by atoms with Crippen LogP contribution in [-0.4, -0.2) is 16.8 Å². The molecule has 4 nitrogen and oxygen atoms in total. The molecular formula is C28H23N3OS3. The second-order valence-electron chi connectivity index (χ2n) is 8.03. The third-order valence-corrected chi connectivity index (χ3v) is 7.76. The average Bonchev–Trinajstić information content (AvgIpc) is 2.87. The lowest BCUT2D eigenvalue weighted by Gasteiger charge is -2.31. The molecule has 35 heavy (non-hydrogen) atoms. The molecule has 1 aliphatic heterocycles. The first-order chi connectivity index (χ1) is 17.1. The van der Waals surface area contributed by atoms with Gasteiger partial charge in [-0.2, -0.15) is 0 Å². The minimum absolute atomic E-state index is 0.0464. The number of nitrogens with one attached hydrogen (secondary N) is 2. The minimum atomic E-state index is 0.0464. The number of rotatable bonds is 5. The van der Waals surface area contributed by atoms with Crippen LogP contribution in [-0.2, 0) is 4.79 Å². The van der Waals surface area contributed by atoms with Crippen LogP contribution in [0.15, 0.2) is 112 Å². The van der Waals surface area contributed by atoms with Crippen molar-refractivity contribution in [2.75, 3.05) is 21.3 Å². The van der Waals surface area contributed by atoms with E-state index in [1.165, 1.54) is 17.3 Å². The van der Waals surface area contributed by atoms with E-state index in [0.29, 0.717) is 10.9 Å². The summed E-state index contributed by atoms with van der Waals surface area (Å²) in [4.78, 5) is 18.5. The highest BCUT2D eigenvalue weighted by atomic mass is 32.2. The van der Waals surface area contributed by atoms with Gasteiger partial charge in [-0.1, -0.05) is 59.8 Å². The Balaban J connectivity index is 1.26. The number of benzene rings is 4. The Morgan fingerprint density at radius 2 is 1.46 bits per heavy atom. The highest BCUT2D eigenvalue weighted by Gasteiger charge is 2.27. The lowest BCUT2D eigenvalue weighted by Crippen LogP contribution is -2.29. The SMILES string of the molecule is Cc1ccc(NC(=S)Nc2cccc(SCC(=O)N3c4ccccc4Sc4ccccc43)c2)cc1. The van der Waals surface area contributed by atoms with Crippen LogP contribution in [0.4, 0.5) is 22.7 Å². The number of fused-ring (bicyclic) bond motifs is 2. The van der Waals surface area contributed by atoms with Gasteiger partial charge in [0.25, 0.3) is 0 Å². The van der Waals surface area contributed by atoms with E-state index in [9.17, 15) is 4.79 Å². The smallest absolute Gasteiger partial charge is 0.241 e. The van der Waals surface area contributed by atoms with Crippen molar-refractivity contribution in [3.63, 3.8) is 0 Å². The van der Waals surface area contributed by atoms with Crippen LogP contribution in [0.5, 0.6) is 0 Å². The molecule has 0 fully saturated rings. The Morgan fingerprint density at radius 3 is 2.14 bits per heavy atom. The Kier molecular flexibility index (Phi) is 7.08. The number of hydrogen-bond donors (Lipinski definition) is 2. The van der Waals surface area contributed by atoms with Gasteiger partial charge in [0.15, 0.2) is 5.11 Å². The van der Waals surface area contributed by atoms with Crippen LogP contribution < -0.4 is 15.5 Å². The zero-order valence-corrected chi connectivity index (χ0v) is 21.5. The van der Waals surface area contributed by atoms with Crippen molar-refractivity contribution >= 4 is 69.5 Å². The maximum Gasteiger partial charge on any atom is 0.241 e. The van der Waals surface area contributed by atoms with Crippen molar-refractivity contribution in [2.45, 2.75) is 21.6 Å². The number of nitrogens with zero attached hydrogens (tertiary/aromatic N) is 1. The molecule has 0 saturated heterocycles. The summed E-state index contributed by atoms with van der Waals surface area (Å²) >= 11 is 8.68. The van der Waals surface area contributed by atoms with Crippen LogP contribution in [0.2, 0.25) is 0 Å². The van der Waals surface area contributed by atoms with Gasteiger partial charge in [-0.15, -0.1) is 11.8 Å². The molecule has 174 valence electrons. The fraction of sp³-hybridized carbons (Fsp3) is 0.0714. The van der Waals surface area contributed by atoms with Crippen molar-refractivity contribution in [3.8, 4) is 0 Å². The average molecular weight is 514 g/mol. The molecule has 0 aromatic heterocycles. The molecular weight excluding hydrogens is 491 g/mol. The van der Waals surface area contributed by atoms with E-state index >= 15 is 0 Å². The van der Waals surface area contributed by atoms with Crippen molar-refractivity contribution in [1.82, 2.24) is 0 Å². The summed E-state index contributed by atoms with van der Waals surface area (Å²) in [6, 6.07) is 32.1. The van der Waals surface area contributed by atoms with Crippen molar-refractivity contribution in [2.24, 2.45) is 0 Å². The number of hydrogen-bond acceptors (Lipinski definition) is 4. The maximum absolute atomic E-state index is 13.4. The van der Waals surface area contributed by atoms with E-state index in [2.05, 4.69) is 29.7 Å². The predicted octanol–water partition coefficient (Wildman–Crippen LogP) is 7.73. The zero-order chi connectivity index (χ0) is 24.2. The summed E-state index contributed by atoms with van der Waals surface area (Å²) < 4.78 is 0. The molecule has 1 aliphatic rings. The lowest BCUT2D eigenvalue weighted by atomic mass is 10.2. The van der Waals surface area contributed by atoms with Crippen LogP contribution in [0.25, 0.3) is 0 Å². The van der Waals surface area contributed by atoms with E-state index in [0.717, 1.165) is 37.4 Å². The lowest BCUT2D eigenvalue weighted by molar-refractivity contribution is -0.115. The number of anilines is 4. The first kappa shape index (κ1) is 23.5. The van der Waals surface area contributed by atoms with Gasteiger partial charge in [0.05, 0.1) is 17.1 Å². The van der Waals surface area contributed by atoms with E-state index in [4.69, 9.17) is 12.2 Å². The summed E-state index contributed by atoms with van der Waals surface area (Å²) in [6.07, 6.45) is 0. The summed E-state index contributed by atoms with van der Waals surface area (Å²) in [7, 11) is 0. The monoisotopic (exact) mass is 513 g/mol. The van der Waals surface area contributed by atoms with Crippen LogP contribution in [0.3, 0.4) is 0 Å². The highest BCUT2D eigenvalue weighted by Crippen LogP contribution is 2.48. The number of thiocarbonyl (C=S) groups is 1. The van der Waals surface area contributed by atoms with Gasteiger partial charge >= 0.3 is 0 Å². The first-order valence-electron chi connectivity index (χ1n) is 11.1. The fourth-order valence-electron chi connectivity index (χ4n) is 3.78. The minimum Gasteiger partial charge on any atom is -0.332 e. The number of carbonyl (C=O) groups excluding carboxylic acids is 1. The normalized spacial score (nSPS) is 11.9. The Bertz CT molecular complexity index is 1340. The van der Waals surface area contributed by atoms with Crippen molar-refractivity contribution < 1.29 is 4.79 Å². The second-order valence-corrected chi connectivity index (χ2v) is 10.6. The molecule has 1 amide bonds. The van der Waals surface area contributed by atoms with Gasteiger partial charge < -0.3 is 10.6 Å². The molecule has 1 heterocycles. The molecule has 0 aliphatic carbocycles. The maximum atomic E-state index is 13.4. The number of para-hydroxylation sites is 2. The van der Waals surface area contributed by atoms with Crippen molar-refractivity contribution in [1.29, 1.82) is 0 Å². The van der Waals surface area contributed by atoms with E-state index in [-0.39, 0.29) is 5.91 Å². The Labute approximate surface area is 219 Å². The van der Waals surface area contributed by atoms with Crippen LogP contribution >= 0.6 is 35.7 Å². The standard InChI is InChI=1S/C28H23N3OS3/c1-19-13-15-20(16-14-19)29-28(33)30-21-7-6-8-22(17-21)34-18-27(32)31-23-9-2-4-11-25(23)35-26-12-5-3-10-24(26)31/h2-17H,18H2,1H3,(H2,29,30,33). The molecule has 0 unspecified atom stereocenters. The molecule has 4 aromatic carbocycles. The first-order valence-corrected chi connectivity index (χ1v) is 13.3. The van der Waals surface area contributed by atoms with Gasteiger partial charge in [0.1, 0.15) is 0 Å². The fourth-order valence-corrected chi connectivity index (χ4v) is 5.87. The Hall–Kier alpha value is -3.26. The summed E-state index contributed by atoms with van der Waals surface area (Å²) in [5.74, 6) is 0.369. The quantitative estimate of drug-likeness (QED) is 0.210. The molecule has 7 heteroatoms. The third-order valence-electron chi connectivity index (χ3n) is 5.45. The van der Waals surface area contributed by atoms with Crippen LogP contribution in [0.1, 0.15) is 5.56 Å². The topological polar surface area (TPSA) is 44.4 Å². The Morgan fingerprint density at radius 1 is 0.829 bits per heavy atom. The van der Waals surface area contributed by atoms with E-state index in [1.54, 1.807) is 11.8 Å². The molecule has 4 aromatic rings. The number of thioether (sulfide) groups is 1. The van der Waals surface area contributed by atoms with Crippen LogP contribution in [0, 0.1) is 6.92 Å². The summed E-state index contributed by atoms with van der Waals surface area (Å²) in [5.41, 5.74) is 4.88. The van der Waals surface area contributed by atoms with Gasteiger partial charge in [0.2, 0.25) is 5.91 Å². The number of aryl methyl sites for hydroxylation is 1. The van der Waals surface area contributed by atoms with Gasteiger partial charge in [-0.25, -0.2) is 0 Å². The van der Waals surface area contributed by atoms with Crippen molar-refractivity contribution in [3.05, 3.63) is 103 Å². The molecule has 0 saturated carbocycles. The third kappa shape index (κ3) is 5.53. The second kappa shape index (κ2) is 10.6. The van der Waals surface area contributed by atoms with E-state index < -0.39 is 0 Å². The molecule has 5 rings (SSSR count). The molecule has 0 radical (unpaired) electrons. The van der Waals surface area contributed by atoms with Gasteiger partial charge in [-0.05, 0) is 73.7 Å². The number of carbonyl (C=O) groups is 1.